The maximum atomic E-state index is 12.3. The molecule has 1 aromatic rings. The largest absolute Gasteiger partial charge is 0.361 e. The molecule has 0 saturated carbocycles. The van der Waals surface area contributed by atoms with Crippen LogP contribution in [-0.2, 0) is 11.3 Å². The average molecular weight is 251 g/mol. The van der Waals surface area contributed by atoms with Gasteiger partial charge in [-0.2, -0.15) is 0 Å². The number of nitrogens with one attached hydrogen (secondary N) is 2. The van der Waals surface area contributed by atoms with Crippen LogP contribution in [0.3, 0.4) is 0 Å². The van der Waals surface area contributed by atoms with E-state index in [9.17, 15) is 4.79 Å². The molecule has 2 N–H and O–H groups in total. The van der Waals surface area contributed by atoms with E-state index < -0.39 is 0 Å². The predicted molar refractivity (Wildman–Crippen MR) is 67.9 cm³/mol. The van der Waals surface area contributed by atoms with Crippen LogP contribution in [-0.4, -0.2) is 24.2 Å². The maximum Gasteiger partial charge on any atom is 0.227 e. The minimum Gasteiger partial charge on any atom is -0.361 e. The van der Waals surface area contributed by atoms with Crippen LogP contribution in [0.4, 0.5) is 0 Å². The number of amides is 1. The number of carbonyl (C=O) groups is 1. The van der Waals surface area contributed by atoms with Crippen molar-refractivity contribution in [3.05, 3.63) is 17.5 Å². The normalized spacial score (nSPS) is 23.2. The zero-order chi connectivity index (χ0) is 13.0. The first-order chi connectivity index (χ1) is 8.66. The van der Waals surface area contributed by atoms with Gasteiger partial charge in [-0.3, -0.25) is 4.79 Å². The van der Waals surface area contributed by atoms with Crippen molar-refractivity contribution in [2.45, 2.75) is 39.7 Å². The molecule has 100 valence electrons. The predicted octanol–water partition coefficient (Wildman–Crippen LogP) is 1.38. The summed E-state index contributed by atoms with van der Waals surface area (Å²) < 4.78 is 4.98. The number of rotatable bonds is 5. The fraction of sp³-hybridized carbons (Fsp3) is 0.692. The summed E-state index contributed by atoms with van der Waals surface area (Å²) in [6.07, 6.45) is 2.88. The first-order valence-electron chi connectivity index (χ1n) is 6.57. The smallest absolute Gasteiger partial charge is 0.227 e. The highest BCUT2D eigenvalue weighted by molar-refractivity contribution is 5.83. The molecule has 2 heterocycles. The second-order valence-corrected chi connectivity index (χ2v) is 5.07. The first kappa shape index (κ1) is 13.1. The molecule has 1 aromatic heterocycles. The third-order valence-electron chi connectivity index (χ3n) is 3.56. The lowest BCUT2D eigenvalue weighted by Crippen LogP contribution is -2.42. The summed E-state index contributed by atoms with van der Waals surface area (Å²) >= 11 is 0. The summed E-state index contributed by atoms with van der Waals surface area (Å²) in [6.45, 7) is 6.12. The molecule has 1 fully saturated rings. The summed E-state index contributed by atoms with van der Waals surface area (Å²) in [5, 5.41) is 10.1. The fourth-order valence-electron chi connectivity index (χ4n) is 2.60. The third kappa shape index (κ3) is 2.72. The lowest BCUT2D eigenvalue weighted by molar-refractivity contribution is -0.130. The molecular formula is C13H21N3O2. The van der Waals surface area contributed by atoms with Gasteiger partial charge in [0.15, 0.2) is 0 Å². The second-order valence-electron chi connectivity index (χ2n) is 5.07. The van der Waals surface area contributed by atoms with Crippen molar-refractivity contribution in [2.75, 3.05) is 13.1 Å². The minimum absolute atomic E-state index is 0.134. The Morgan fingerprint density at radius 3 is 3.06 bits per heavy atom. The molecule has 1 atom stereocenters. The average Bonchev–Trinajstić information content (AvgIpc) is 2.97. The van der Waals surface area contributed by atoms with Gasteiger partial charge in [-0.1, -0.05) is 18.5 Å². The van der Waals surface area contributed by atoms with Gasteiger partial charge in [0.2, 0.25) is 5.91 Å². The van der Waals surface area contributed by atoms with Crippen LogP contribution in [0.2, 0.25) is 0 Å². The van der Waals surface area contributed by atoms with Crippen molar-refractivity contribution in [2.24, 2.45) is 5.41 Å². The Morgan fingerprint density at radius 1 is 1.67 bits per heavy atom. The van der Waals surface area contributed by atoms with E-state index >= 15 is 0 Å². The standard InChI is InChI=1S/C13H21N3O2/c1-3-4-13(5-6-14-9-13)12(17)15-8-11-7-10(2)18-16-11/h7,14H,3-6,8-9H2,1-2H3,(H,15,17). The summed E-state index contributed by atoms with van der Waals surface area (Å²) in [5.74, 6) is 0.903. The van der Waals surface area contributed by atoms with Crippen molar-refractivity contribution in [1.82, 2.24) is 15.8 Å². The van der Waals surface area contributed by atoms with Gasteiger partial charge in [-0.05, 0) is 26.3 Å². The first-order valence-corrected chi connectivity index (χ1v) is 6.57. The number of aromatic nitrogens is 1. The number of hydrogen-bond donors (Lipinski definition) is 2. The number of carbonyl (C=O) groups excluding carboxylic acids is 1. The summed E-state index contributed by atoms with van der Waals surface area (Å²) in [6, 6.07) is 1.85. The van der Waals surface area contributed by atoms with E-state index in [0.717, 1.165) is 43.8 Å². The van der Waals surface area contributed by atoms with Crippen LogP contribution in [0.25, 0.3) is 0 Å². The Balaban J connectivity index is 1.93. The zero-order valence-electron chi connectivity index (χ0n) is 11.1. The third-order valence-corrected chi connectivity index (χ3v) is 3.56. The van der Waals surface area contributed by atoms with Crippen LogP contribution in [0.1, 0.15) is 37.6 Å². The van der Waals surface area contributed by atoms with E-state index in [4.69, 9.17) is 4.52 Å². The van der Waals surface area contributed by atoms with E-state index in [2.05, 4.69) is 22.7 Å². The SMILES string of the molecule is CCCC1(C(=O)NCc2cc(C)on2)CCNC1. The van der Waals surface area contributed by atoms with E-state index in [1.807, 2.05) is 13.0 Å². The highest BCUT2D eigenvalue weighted by Gasteiger charge is 2.39. The minimum atomic E-state index is -0.229. The summed E-state index contributed by atoms with van der Waals surface area (Å²) in [5.41, 5.74) is 0.548. The van der Waals surface area contributed by atoms with Crippen LogP contribution < -0.4 is 10.6 Å². The Kier molecular flexibility index (Phi) is 4.01. The Bertz CT molecular complexity index is 408. The molecule has 0 bridgehead atoms. The van der Waals surface area contributed by atoms with Gasteiger partial charge in [0.05, 0.1) is 12.0 Å². The molecule has 1 amide bonds. The summed E-state index contributed by atoms with van der Waals surface area (Å²) in [7, 11) is 0. The molecule has 0 aliphatic carbocycles. The maximum absolute atomic E-state index is 12.3. The highest BCUT2D eigenvalue weighted by Crippen LogP contribution is 2.31. The molecule has 1 saturated heterocycles. The molecule has 1 aliphatic rings. The van der Waals surface area contributed by atoms with Gasteiger partial charge in [-0.25, -0.2) is 0 Å². The molecule has 1 aliphatic heterocycles. The molecule has 2 rings (SSSR count). The topological polar surface area (TPSA) is 67.2 Å². The molecule has 0 radical (unpaired) electrons. The molecule has 0 spiro atoms. The molecule has 18 heavy (non-hydrogen) atoms. The van der Waals surface area contributed by atoms with Crippen molar-refractivity contribution < 1.29 is 9.32 Å². The number of hydrogen-bond acceptors (Lipinski definition) is 4. The molecule has 5 heteroatoms. The van der Waals surface area contributed by atoms with Crippen molar-refractivity contribution in [1.29, 1.82) is 0 Å². The number of nitrogens with zero attached hydrogens (tertiary/aromatic N) is 1. The molecule has 0 aromatic carbocycles. The van der Waals surface area contributed by atoms with Crippen molar-refractivity contribution >= 4 is 5.91 Å². The molecule has 5 nitrogen and oxygen atoms in total. The van der Waals surface area contributed by atoms with Crippen molar-refractivity contribution in [3.8, 4) is 0 Å². The van der Waals surface area contributed by atoms with Crippen LogP contribution in [0.15, 0.2) is 10.6 Å². The van der Waals surface area contributed by atoms with Crippen LogP contribution >= 0.6 is 0 Å². The lowest BCUT2D eigenvalue weighted by atomic mass is 9.81. The second kappa shape index (κ2) is 5.52. The molecule has 1 unspecified atom stereocenters. The fourth-order valence-corrected chi connectivity index (χ4v) is 2.60. The van der Waals surface area contributed by atoms with Gasteiger partial charge in [-0.15, -0.1) is 0 Å². The Labute approximate surface area is 107 Å². The molecular weight excluding hydrogens is 230 g/mol. The van der Waals surface area contributed by atoms with E-state index in [-0.39, 0.29) is 11.3 Å². The van der Waals surface area contributed by atoms with Gasteiger partial charge < -0.3 is 15.2 Å². The van der Waals surface area contributed by atoms with Gasteiger partial charge in [0.1, 0.15) is 11.5 Å². The summed E-state index contributed by atoms with van der Waals surface area (Å²) in [4.78, 5) is 12.3. The van der Waals surface area contributed by atoms with Crippen LogP contribution in [0, 0.1) is 12.3 Å². The van der Waals surface area contributed by atoms with Crippen molar-refractivity contribution in [3.63, 3.8) is 0 Å². The number of aryl methyl sites for hydroxylation is 1. The van der Waals surface area contributed by atoms with Gasteiger partial charge >= 0.3 is 0 Å². The van der Waals surface area contributed by atoms with Gasteiger partial charge in [0, 0.05) is 12.6 Å². The van der Waals surface area contributed by atoms with E-state index in [0.29, 0.717) is 6.54 Å². The van der Waals surface area contributed by atoms with E-state index in [1.54, 1.807) is 0 Å². The quantitative estimate of drug-likeness (QED) is 0.829. The van der Waals surface area contributed by atoms with E-state index in [1.165, 1.54) is 0 Å². The zero-order valence-corrected chi connectivity index (χ0v) is 11.1. The lowest BCUT2D eigenvalue weighted by Gasteiger charge is -2.26. The Hall–Kier alpha value is -1.36. The highest BCUT2D eigenvalue weighted by atomic mass is 16.5. The monoisotopic (exact) mass is 251 g/mol. The van der Waals surface area contributed by atoms with Crippen LogP contribution in [0.5, 0.6) is 0 Å². The van der Waals surface area contributed by atoms with Gasteiger partial charge in [0.25, 0.3) is 0 Å². The Morgan fingerprint density at radius 2 is 2.50 bits per heavy atom.